The molecular weight excluding hydrogens is 330 g/mol. The standard InChI is InChI=1S/C21H23NO4/c1-14-2-7-18(19(10-14)26-13-16-3-4-16)12-22-20(23)11-15-5-8-17(9-6-15)21(24)25/h2,5-10,16H,3-4,11-13H2,1H3,(H,22,23)(H,24,25). The number of carbonyl (C=O) groups excluding carboxylic acids is 1. The Morgan fingerprint density at radius 3 is 2.54 bits per heavy atom. The zero-order valence-electron chi connectivity index (χ0n) is 14.8. The number of ether oxygens (including phenoxy) is 1. The van der Waals surface area contributed by atoms with Gasteiger partial charge in [-0.05, 0) is 55.0 Å². The molecule has 3 rings (SSSR count). The summed E-state index contributed by atoms with van der Waals surface area (Å²) in [6, 6.07) is 12.4. The van der Waals surface area contributed by atoms with Crippen LogP contribution in [0.1, 0.15) is 39.9 Å². The molecule has 0 aliphatic heterocycles. The lowest BCUT2D eigenvalue weighted by Gasteiger charge is -2.13. The Kier molecular flexibility index (Phi) is 5.56. The van der Waals surface area contributed by atoms with Crippen molar-refractivity contribution in [3.63, 3.8) is 0 Å². The van der Waals surface area contributed by atoms with Crippen LogP contribution in [0.4, 0.5) is 0 Å². The topological polar surface area (TPSA) is 75.6 Å². The Labute approximate surface area is 153 Å². The zero-order chi connectivity index (χ0) is 18.5. The molecule has 1 aliphatic carbocycles. The fourth-order valence-corrected chi connectivity index (χ4v) is 2.64. The lowest BCUT2D eigenvalue weighted by molar-refractivity contribution is -0.120. The first kappa shape index (κ1) is 18.0. The van der Waals surface area contributed by atoms with Crippen LogP contribution in [0, 0.1) is 12.8 Å². The highest BCUT2D eigenvalue weighted by Crippen LogP contribution is 2.30. The Balaban J connectivity index is 1.55. The number of hydrogen-bond acceptors (Lipinski definition) is 3. The summed E-state index contributed by atoms with van der Waals surface area (Å²) in [5.41, 5.74) is 3.09. The minimum absolute atomic E-state index is 0.109. The molecule has 0 heterocycles. The maximum absolute atomic E-state index is 12.2. The van der Waals surface area contributed by atoms with Crippen LogP contribution in [-0.4, -0.2) is 23.6 Å². The van der Waals surface area contributed by atoms with Crippen molar-refractivity contribution in [1.29, 1.82) is 0 Å². The minimum Gasteiger partial charge on any atom is -0.493 e. The van der Waals surface area contributed by atoms with E-state index >= 15 is 0 Å². The van der Waals surface area contributed by atoms with Crippen molar-refractivity contribution in [2.45, 2.75) is 32.7 Å². The summed E-state index contributed by atoms with van der Waals surface area (Å²) in [7, 11) is 0. The third kappa shape index (κ3) is 5.09. The maximum Gasteiger partial charge on any atom is 0.335 e. The van der Waals surface area contributed by atoms with Crippen molar-refractivity contribution in [1.82, 2.24) is 5.32 Å². The number of carbonyl (C=O) groups is 2. The SMILES string of the molecule is Cc1ccc(CNC(=O)Cc2ccc(C(=O)O)cc2)c(OCC2CC2)c1. The van der Waals surface area contributed by atoms with Crippen molar-refractivity contribution >= 4 is 11.9 Å². The van der Waals surface area contributed by atoms with Crippen molar-refractivity contribution < 1.29 is 19.4 Å². The van der Waals surface area contributed by atoms with Gasteiger partial charge in [0.15, 0.2) is 0 Å². The van der Waals surface area contributed by atoms with Gasteiger partial charge >= 0.3 is 5.97 Å². The largest absolute Gasteiger partial charge is 0.493 e. The molecule has 0 saturated heterocycles. The third-order valence-corrected chi connectivity index (χ3v) is 4.44. The van der Waals surface area contributed by atoms with Crippen LogP contribution < -0.4 is 10.1 Å². The Morgan fingerprint density at radius 1 is 1.15 bits per heavy atom. The fraction of sp³-hybridized carbons (Fsp3) is 0.333. The molecule has 0 radical (unpaired) electrons. The number of rotatable bonds is 8. The first-order chi connectivity index (χ1) is 12.5. The zero-order valence-corrected chi connectivity index (χ0v) is 14.8. The molecule has 0 atom stereocenters. The molecule has 1 saturated carbocycles. The molecule has 2 aromatic carbocycles. The van der Waals surface area contributed by atoms with E-state index in [1.807, 2.05) is 25.1 Å². The molecule has 5 heteroatoms. The molecule has 0 spiro atoms. The van der Waals surface area contributed by atoms with Crippen molar-refractivity contribution in [3.8, 4) is 5.75 Å². The van der Waals surface area contributed by atoms with E-state index in [1.54, 1.807) is 12.1 Å². The van der Waals surface area contributed by atoms with Gasteiger partial charge in [0.25, 0.3) is 0 Å². The summed E-state index contributed by atoms with van der Waals surface area (Å²) in [6.07, 6.45) is 2.68. The normalized spacial score (nSPS) is 13.3. The Hall–Kier alpha value is -2.82. The highest BCUT2D eigenvalue weighted by molar-refractivity contribution is 5.87. The van der Waals surface area contributed by atoms with Gasteiger partial charge in [0.2, 0.25) is 5.91 Å². The average molecular weight is 353 g/mol. The van der Waals surface area contributed by atoms with Crippen LogP contribution in [-0.2, 0) is 17.8 Å². The summed E-state index contributed by atoms with van der Waals surface area (Å²) in [5, 5.41) is 11.8. The number of benzene rings is 2. The molecule has 1 fully saturated rings. The van der Waals surface area contributed by atoms with Gasteiger partial charge in [0.1, 0.15) is 5.75 Å². The van der Waals surface area contributed by atoms with E-state index in [-0.39, 0.29) is 17.9 Å². The van der Waals surface area contributed by atoms with Gasteiger partial charge in [-0.2, -0.15) is 0 Å². The number of aryl methyl sites for hydroxylation is 1. The predicted molar refractivity (Wildman–Crippen MR) is 98.4 cm³/mol. The Morgan fingerprint density at radius 2 is 1.88 bits per heavy atom. The van der Waals surface area contributed by atoms with Crippen molar-refractivity contribution in [2.75, 3.05) is 6.61 Å². The fourth-order valence-electron chi connectivity index (χ4n) is 2.64. The average Bonchev–Trinajstić information content (AvgIpc) is 3.44. The summed E-state index contributed by atoms with van der Waals surface area (Å²) < 4.78 is 5.92. The number of nitrogens with one attached hydrogen (secondary N) is 1. The molecule has 1 aliphatic rings. The monoisotopic (exact) mass is 353 g/mol. The van der Waals surface area contributed by atoms with Crippen molar-refractivity contribution in [3.05, 3.63) is 64.7 Å². The smallest absolute Gasteiger partial charge is 0.335 e. The number of hydrogen-bond donors (Lipinski definition) is 2. The maximum atomic E-state index is 12.2. The van der Waals surface area contributed by atoms with E-state index in [0.29, 0.717) is 12.5 Å². The highest BCUT2D eigenvalue weighted by atomic mass is 16.5. The van der Waals surface area contributed by atoms with E-state index in [4.69, 9.17) is 9.84 Å². The summed E-state index contributed by atoms with van der Waals surface area (Å²) >= 11 is 0. The van der Waals surface area contributed by atoms with Gasteiger partial charge in [-0.3, -0.25) is 4.79 Å². The number of aromatic carboxylic acids is 1. The van der Waals surface area contributed by atoms with Crippen LogP contribution in [0.15, 0.2) is 42.5 Å². The molecule has 2 aromatic rings. The van der Waals surface area contributed by atoms with Gasteiger partial charge in [0.05, 0.1) is 18.6 Å². The summed E-state index contributed by atoms with van der Waals surface area (Å²) in [4.78, 5) is 23.0. The minimum atomic E-state index is -0.973. The summed E-state index contributed by atoms with van der Waals surface area (Å²) in [5.74, 6) is 0.427. The number of carboxylic acids is 1. The van der Waals surface area contributed by atoms with E-state index in [0.717, 1.165) is 29.0 Å². The molecule has 0 unspecified atom stereocenters. The van der Waals surface area contributed by atoms with Crippen LogP contribution in [0.5, 0.6) is 5.75 Å². The van der Waals surface area contributed by atoms with Crippen LogP contribution in [0.2, 0.25) is 0 Å². The molecule has 26 heavy (non-hydrogen) atoms. The lowest BCUT2D eigenvalue weighted by atomic mass is 10.1. The molecule has 2 N–H and O–H groups in total. The second kappa shape index (κ2) is 8.04. The van der Waals surface area contributed by atoms with Crippen LogP contribution >= 0.6 is 0 Å². The molecule has 0 bridgehead atoms. The molecule has 136 valence electrons. The van der Waals surface area contributed by atoms with Gasteiger partial charge in [-0.1, -0.05) is 24.3 Å². The van der Waals surface area contributed by atoms with Gasteiger partial charge in [-0.25, -0.2) is 4.79 Å². The lowest BCUT2D eigenvalue weighted by Crippen LogP contribution is -2.25. The Bertz CT molecular complexity index is 794. The van der Waals surface area contributed by atoms with E-state index in [1.165, 1.54) is 25.0 Å². The molecule has 1 amide bonds. The van der Waals surface area contributed by atoms with Crippen molar-refractivity contribution in [2.24, 2.45) is 5.92 Å². The number of amides is 1. The van der Waals surface area contributed by atoms with Gasteiger partial charge < -0.3 is 15.2 Å². The first-order valence-corrected chi connectivity index (χ1v) is 8.82. The molecular formula is C21H23NO4. The quantitative estimate of drug-likeness (QED) is 0.763. The molecule has 5 nitrogen and oxygen atoms in total. The second-order valence-corrected chi connectivity index (χ2v) is 6.82. The first-order valence-electron chi connectivity index (χ1n) is 8.82. The van der Waals surface area contributed by atoms with E-state index < -0.39 is 5.97 Å². The predicted octanol–water partition coefficient (Wildman–Crippen LogP) is 3.34. The van der Waals surface area contributed by atoms with Gasteiger partial charge in [-0.15, -0.1) is 0 Å². The number of carboxylic acid groups (broad SMARTS) is 1. The van der Waals surface area contributed by atoms with Gasteiger partial charge in [0, 0.05) is 12.1 Å². The van der Waals surface area contributed by atoms with Crippen LogP contribution in [0.25, 0.3) is 0 Å². The van der Waals surface area contributed by atoms with Crippen LogP contribution in [0.3, 0.4) is 0 Å². The summed E-state index contributed by atoms with van der Waals surface area (Å²) in [6.45, 7) is 3.17. The third-order valence-electron chi connectivity index (χ3n) is 4.44. The second-order valence-electron chi connectivity index (χ2n) is 6.82. The van der Waals surface area contributed by atoms with E-state index in [2.05, 4.69) is 5.32 Å². The van der Waals surface area contributed by atoms with E-state index in [9.17, 15) is 9.59 Å². The highest BCUT2D eigenvalue weighted by Gasteiger charge is 2.22. The molecule has 0 aromatic heterocycles.